The molecule has 2 atom stereocenters. The van der Waals surface area contributed by atoms with Gasteiger partial charge < -0.3 is 9.64 Å². The van der Waals surface area contributed by atoms with E-state index in [9.17, 15) is 13.6 Å². The third-order valence-corrected chi connectivity index (χ3v) is 7.37. The number of unbranched alkanes of at least 4 members (excludes halogenated alkanes) is 1. The van der Waals surface area contributed by atoms with Crippen molar-refractivity contribution in [2.45, 2.75) is 84.7 Å². The molecule has 35 heavy (non-hydrogen) atoms. The lowest BCUT2D eigenvalue weighted by molar-refractivity contribution is 0.0498. The average molecular weight is 523 g/mol. The van der Waals surface area contributed by atoms with Crippen LogP contribution in [0.25, 0.3) is 0 Å². The van der Waals surface area contributed by atoms with Crippen molar-refractivity contribution in [3.63, 3.8) is 0 Å². The molecule has 0 spiro atoms. The van der Waals surface area contributed by atoms with Crippen LogP contribution in [0.4, 0.5) is 22.2 Å². The van der Waals surface area contributed by atoms with Crippen molar-refractivity contribution in [1.82, 2.24) is 10.2 Å². The third kappa shape index (κ3) is 6.83. The zero-order valence-electron chi connectivity index (χ0n) is 20.7. The fraction of sp³-hybridized carbons (Fsp3) is 0.609. The Labute approximate surface area is 213 Å². The summed E-state index contributed by atoms with van der Waals surface area (Å²) in [6.07, 6.45) is 6.70. The predicted octanol–water partition coefficient (Wildman–Crippen LogP) is 6.18. The smallest absolute Gasteiger partial charge is 0.369 e. The SMILES string of the molecule is CCCCOC(=O)c1nnc(N=Nc2cc3c(cc2NS(=O)O)N(C(CC)CC)C(CC)CC3)s1. The van der Waals surface area contributed by atoms with Crippen LogP contribution in [0.3, 0.4) is 0 Å². The number of aryl methyl sites for hydroxylation is 1. The summed E-state index contributed by atoms with van der Waals surface area (Å²) in [5.41, 5.74) is 3.02. The summed E-state index contributed by atoms with van der Waals surface area (Å²) in [5, 5.41) is 16.5. The molecular formula is C23H34N6O4S2. The lowest BCUT2D eigenvalue weighted by Gasteiger charge is -2.44. The first-order chi connectivity index (χ1) is 16.9. The van der Waals surface area contributed by atoms with Crippen LogP contribution in [-0.4, -0.2) is 43.6 Å². The summed E-state index contributed by atoms with van der Waals surface area (Å²) < 4.78 is 28.9. The molecule has 0 saturated heterocycles. The minimum atomic E-state index is -2.27. The molecule has 2 heterocycles. The average Bonchev–Trinajstić information content (AvgIpc) is 3.32. The monoisotopic (exact) mass is 522 g/mol. The number of aromatic nitrogens is 2. The van der Waals surface area contributed by atoms with Gasteiger partial charge in [-0.1, -0.05) is 45.5 Å². The quantitative estimate of drug-likeness (QED) is 0.147. The lowest BCUT2D eigenvalue weighted by Crippen LogP contribution is -2.45. The molecule has 10 nitrogen and oxygen atoms in total. The van der Waals surface area contributed by atoms with Gasteiger partial charge >= 0.3 is 5.97 Å². The Morgan fingerprint density at radius 3 is 2.71 bits per heavy atom. The summed E-state index contributed by atoms with van der Waals surface area (Å²) in [7, 11) is 0. The maximum atomic E-state index is 12.1. The highest BCUT2D eigenvalue weighted by Crippen LogP contribution is 2.41. The van der Waals surface area contributed by atoms with Gasteiger partial charge in [0.1, 0.15) is 5.69 Å². The van der Waals surface area contributed by atoms with Crippen LogP contribution >= 0.6 is 11.3 Å². The van der Waals surface area contributed by atoms with Gasteiger partial charge in [0.25, 0.3) is 16.4 Å². The van der Waals surface area contributed by atoms with Crippen LogP contribution < -0.4 is 9.62 Å². The number of ether oxygens (including phenoxy) is 1. The summed E-state index contributed by atoms with van der Waals surface area (Å²) in [4.78, 5) is 14.5. The molecule has 1 aliphatic heterocycles. The number of benzene rings is 1. The number of hydrogen-bond donors (Lipinski definition) is 2. The van der Waals surface area contributed by atoms with E-state index < -0.39 is 17.2 Å². The van der Waals surface area contributed by atoms with E-state index in [1.807, 2.05) is 19.1 Å². The Morgan fingerprint density at radius 2 is 2.06 bits per heavy atom. The van der Waals surface area contributed by atoms with E-state index in [0.717, 1.165) is 67.5 Å². The molecule has 0 bridgehead atoms. The summed E-state index contributed by atoms with van der Waals surface area (Å²) >= 11 is -1.29. The third-order valence-electron chi connectivity index (χ3n) is 6.18. The Kier molecular flexibility index (Phi) is 10.1. The standard InChI is InChI=1S/C23H34N6O4S2/c1-5-9-12-33-22(30)21-25-27-23(34-21)26-24-18-13-15-10-11-17(8-4)29(16(6-2)7-3)20(15)14-19(18)28-35(31)32/h13-14,16-17,28H,5-12H2,1-4H3,(H,31,32). The summed E-state index contributed by atoms with van der Waals surface area (Å²) in [6.45, 7) is 8.93. The Hall–Kier alpha value is -2.44. The second kappa shape index (κ2) is 13.0. The largest absolute Gasteiger partial charge is 0.460 e. The number of carbonyl (C=O) groups is 1. The summed E-state index contributed by atoms with van der Waals surface area (Å²) in [5.74, 6) is -0.531. The van der Waals surface area contributed by atoms with E-state index >= 15 is 0 Å². The van der Waals surface area contributed by atoms with E-state index in [1.54, 1.807) is 0 Å². The molecule has 0 fully saturated rings. The van der Waals surface area contributed by atoms with E-state index in [0.29, 0.717) is 30.1 Å². The number of azo groups is 1. The number of nitrogens with zero attached hydrogens (tertiary/aromatic N) is 5. The van der Waals surface area contributed by atoms with Crippen LogP contribution in [0.15, 0.2) is 22.4 Å². The van der Waals surface area contributed by atoms with E-state index in [1.165, 1.54) is 0 Å². The number of rotatable bonds is 12. The number of anilines is 2. The lowest BCUT2D eigenvalue weighted by atomic mass is 9.90. The van der Waals surface area contributed by atoms with E-state index in [4.69, 9.17) is 4.74 Å². The highest BCUT2D eigenvalue weighted by molar-refractivity contribution is 7.80. The maximum absolute atomic E-state index is 12.1. The van der Waals surface area contributed by atoms with Gasteiger partial charge in [0.2, 0.25) is 5.01 Å². The first-order valence-corrected chi connectivity index (χ1v) is 14.1. The highest BCUT2D eigenvalue weighted by Gasteiger charge is 2.30. The van der Waals surface area contributed by atoms with Gasteiger partial charge in [-0.25, -0.2) is 9.00 Å². The van der Waals surface area contributed by atoms with Crippen molar-refractivity contribution >= 4 is 50.8 Å². The molecular weight excluding hydrogens is 488 g/mol. The van der Waals surface area contributed by atoms with Gasteiger partial charge in [-0.3, -0.25) is 9.27 Å². The van der Waals surface area contributed by atoms with Gasteiger partial charge in [-0.05, 0) is 56.2 Å². The number of nitrogens with one attached hydrogen (secondary N) is 1. The highest BCUT2D eigenvalue weighted by atomic mass is 32.2. The molecule has 2 aromatic rings. The molecule has 0 saturated carbocycles. The van der Waals surface area contributed by atoms with Crippen LogP contribution in [0.5, 0.6) is 0 Å². The molecule has 2 N–H and O–H groups in total. The number of carbonyl (C=O) groups excluding carboxylic acids is 1. The molecule has 0 aliphatic carbocycles. The first-order valence-electron chi connectivity index (χ1n) is 12.2. The number of hydrogen-bond acceptors (Lipinski definition) is 9. The van der Waals surface area contributed by atoms with Crippen LogP contribution in [-0.2, 0) is 22.4 Å². The minimum Gasteiger partial charge on any atom is -0.460 e. The topological polar surface area (TPSA) is 129 Å². The molecule has 3 rings (SSSR count). The fourth-order valence-corrected chi connectivity index (χ4v) is 5.27. The Balaban J connectivity index is 1.91. The minimum absolute atomic E-state index is 0.113. The maximum Gasteiger partial charge on any atom is 0.369 e. The number of fused-ring (bicyclic) bond motifs is 1. The van der Waals surface area contributed by atoms with E-state index in [2.05, 4.69) is 50.8 Å². The molecule has 2 unspecified atom stereocenters. The first kappa shape index (κ1) is 27.2. The molecule has 1 aliphatic rings. The second-order valence-corrected chi connectivity index (χ2v) is 10.1. The van der Waals surface area contributed by atoms with Crippen LogP contribution in [0.2, 0.25) is 0 Å². The molecule has 0 radical (unpaired) electrons. The van der Waals surface area contributed by atoms with Crippen molar-refractivity contribution in [2.24, 2.45) is 10.2 Å². The molecule has 192 valence electrons. The van der Waals surface area contributed by atoms with Crippen molar-refractivity contribution in [2.75, 3.05) is 16.2 Å². The molecule has 1 aromatic heterocycles. The molecule has 12 heteroatoms. The van der Waals surface area contributed by atoms with Crippen molar-refractivity contribution < 1.29 is 18.3 Å². The zero-order valence-corrected chi connectivity index (χ0v) is 22.3. The molecule has 1 aromatic carbocycles. The van der Waals surface area contributed by atoms with Crippen LogP contribution in [0, 0.1) is 0 Å². The Bertz CT molecular complexity index is 1060. The van der Waals surface area contributed by atoms with Gasteiger partial charge in [-0.2, -0.15) is 0 Å². The van der Waals surface area contributed by atoms with Crippen molar-refractivity contribution in [3.8, 4) is 0 Å². The van der Waals surface area contributed by atoms with Gasteiger partial charge in [0, 0.05) is 17.8 Å². The summed E-state index contributed by atoms with van der Waals surface area (Å²) in [6, 6.07) is 4.62. The van der Waals surface area contributed by atoms with Gasteiger partial charge in [0.05, 0.1) is 12.3 Å². The van der Waals surface area contributed by atoms with Crippen LogP contribution in [0.1, 0.15) is 81.6 Å². The fourth-order valence-electron chi connectivity index (χ4n) is 4.36. The van der Waals surface area contributed by atoms with Crippen molar-refractivity contribution in [1.29, 1.82) is 0 Å². The van der Waals surface area contributed by atoms with E-state index in [-0.39, 0.29) is 10.1 Å². The van der Waals surface area contributed by atoms with Crippen molar-refractivity contribution in [3.05, 3.63) is 22.7 Å². The zero-order chi connectivity index (χ0) is 25.4. The second-order valence-electron chi connectivity index (χ2n) is 8.41. The van der Waals surface area contributed by atoms with Gasteiger partial charge in [-0.15, -0.1) is 20.4 Å². The normalized spacial score (nSPS) is 16.5. The Morgan fingerprint density at radius 1 is 1.29 bits per heavy atom. The predicted molar refractivity (Wildman–Crippen MR) is 139 cm³/mol. The molecule has 0 amide bonds. The number of esters is 1. The van der Waals surface area contributed by atoms with Gasteiger partial charge in [0.15, 0.2) is 0 Å².